The van der Waals surface area contributed by atoms with Crippen LogP contribution in [0.15, 0.2) is 0 Å². The number of amides is 2. The van der Waals surface area contributed by atoms with Crippen molar-refractivity contribution in [3.8, 4) is 0 Å². The quantitative estimate of drug-likeness (QED) is 0.724. The van der Waals surface area contributed by atoms with Crippen molar-refractivity contribution in [3.63, 3.8) is 0 Å². The lowest BCUT2D eigenvalue weighted by atomic mass is 10.3. The van der Waals surface area contributed by atoms with Gasteiger partial charge in [-0.1, -0.05) is 0 Å². The summed E-state index contributed by atoms with van der Waals surface area (Å²) in [6.45, 7) is 2.96. The molecule has 0 bridgehead atoms. The van der Waals surface area contributed by atoms with Crippen molar-refractivity contribution >= 4 is 29.6 Å². The highest BCUT2D eigenvalue weighted by Crippen LogP contribution is 2.34. The predicted molar refractivity (Wildman–Crippen MR) is 82.8 cm³/mol. The topological polar surface area (TPSA) is 94.5 Å². The first-order valence-electron chi connectivity index (χ1n) is 7.01. The van der Waals surface area contributed by atoms with E-state index in [2.05, 4.69) is 15.7 Å². The molecule has 0 aliphatic carbocycles. The summed E-state index contributed by atoms with van der Waals surface area (Å²) in [6.07, 6.45) is -0.539. The van der Waals surface area contributed by atoms with Gasteiger partial charge in [0.1, 0.15) is 12.4 Å². The first-order chi connectivity index (χ1) is 10.7. The van der Waals surface area contributed by atoms with Crippen LogP contribution in [0.5, 0.6) is 0 Å². The van der Waals surface area contributed by atoms with Crippen LogP contribution in [0.3, 0.4) is 0 Å². The molecule has 0 fully saturated rings. The molecule has 0 unspecified atom stereocenters. The number of hydrogen-bond donors (Lipinski definition) is 2. The normalized spacial score (nSPS) is 12.8. The number of nitrogens with zero attached hydrogens (tertiary/aromatic N) is 2. The standard InChI is InChI=1S/C13H20N4O4S/c1-3-21-13(19)15-12-9-7-22-8-10(9)16-17(12)6-11(18)14-4-5-20-2/h3-8H2,1-2H3,(H,14,18)(H,15,19). The van der Waals surface area contributed by atoms with Gasteiger partial charge in [-0.05, 0) is 6.92 Å². The number of aromatic nitrogens is 2. The van der Waals surface area contributed by atoms with Crippen LogP contribution in [0.25, 0.3) is 0 Å². The lowest BCUT2D eigenvalue weighted by Crippen LogP contribution is -2.31. The van der Waals surface area contributed by atoms with E-state index in [1.54, 1.807) is 25.8 Å². The third kappa shape index (κ3) is 4.14. The van der Waals surface area contributed by atoms with Crippen molar-refractivity contribution in [2.75, 3.05) is 32.2 Å². The lowest BCUT2D eigenvalue weighted by molar-refractivity contribution is -0.122. The molecule has 8 nitrogen and oxygen atoms in total. The zero-order chi connectivity index (χ0) is 15.9. The van der Waals surface area contributed by atoms with E-state index in [1.807, 2.05) is 0 Å². The summed E-state index contributed by atoms with van der Waals surface area (Å²) >= 11 is 1.72. The fourth-order valence-corrected chi connectivity index (χ4v) is 3.10. The maximum absolute atomic E-state index is 11.9. The maximum Gasteiger partial charge on any atom is 0.412 e. The number of carbonyl (C=O) groups excluding carboxylic acids is 2. The minimum atomic E-state index is -0.539. The summed E-state index contributed by atoms with van der Waals surface area (Å²) in [4.78, 5) is 23.6. The molecule has 1 aromatic rings. The minimum absolute atomic E-state index is 0.0448. The van der Waals surface area contributed by atoms with Gasteiger partial charge >= 0.3 is 6.09 Å². The van der Waals surface area contributed by atoms with E-state index in [0.29, 0.717) is 19.0 Å². The number of anilines is 1. The Morgan fingerprint density at radius 1 is 1.41 bits per heavy atom. The Bertz CT molecular complexity index is 546. The van der Waals surface area contributed by atoms with Crippen LogP contribution >= 0.6 is 11.8 Å². The van der Waals surface area contributed by atoms with Crippen molar-refractivity contribution in [2.24, 2.45) is 0 Å². The number of carbonyl (C=O) groups is 2. The number of thioether (sulfide) groups is 1. The Morgan fingerprint density at radius 2 is 2.23 bits per heavy atom. The largest absolute Gasteiger partial charge is 0.450 e. The van der Waals surface area contributed by atoms with Crippen LogP contribution in [0.1, 0.15) is 18.2 Å². The molecule has 9 heteroatoms. The monoisotopic (exact) mass is 328 g/mol. The van der Waals surface area contributed by atoms with Gasteiger partial charge in [0.25, 0.3) is 0 Å². The van der Waals surface area contributed by atoms with Crippen LogP contribution in [-0.2, 0) is 32.3 Å². The van der Waals surface area contributed by atoms with E-state index in [1.165, 1.54) is 4.68 Å². The summed E-state index contributed by atoms with van der Waals surface area (Å²) in [5.41, 5.74) is 1.87. The van der Waals surface area contributed by atoms with Gasteiger partial charge in [-0.25, -0.2) is 9.48 Å². The van der Waals surface area contributed by atoms with Crippen molar-refractivity contribution in [1.29, 1.82) is 0 Å². The molecule has 22 heavy (non-hydrogen) atoms. The highest BCUT2D eigenvalue weighted by Gasteiger charge is 2.25. The third-order valence-corrected chi connectivity index (χ3v) is 4.01. The van der Waals surface area contributed by atoms with E-state index in [-0.39, 0.29) is 19.1 Å². The Kier molecular flexibility index (Phi) is 6.08. The fourth-order valence-electron chi connectivity index (χ4n) is 2.07. The van der Waals surface area contributed by atoms with E-state index in [9.17, 15) is 9.59 Å². The highest BCUT2D eigenvalue weighted by atomic mass is 32.2. The summed E-state index contributed by atoms with van der Waals surface area (Å²) in [5.74, 6) is 1.91. The number of fused-ring (bicyclic) bond motifs is 1. The van der Waals surface area contributed by atoms with Gasteiger partial charge in [0, 0.05) is 30.7 Å². The van der Waals surface area contributed by atoms with Gasteiger partial charge in [0.05, 0.1) is 18.9 Å². The van der Waals surface area contributed by atoms with E-state index < -0.39 is 6.09 Å². The lowest BCUT2D eigenvalue weighted by Gasteiger charge is -2.11. The zero-order valence-electron chi connectivity index (χ0n) is 12.7. The number of nitrogens with one attached hydrogen (secondary N) is 2. The Morgan fingerprint density at radius 3 is 2.95 bits per heavy atom. The van der Waals surface area contributed by atoms with Gasteiger partial charge in [0.15, 0.2) is 0 Å². The average Bonchev–Trinajstić information content (AvgIpc) is 3.03. The third-order valence-electron chi connectivity index (χ3n) is 3.04. The van der Waals surface area contributed by atoms with Crippen molar-refractivity contribution < 1.29 is 19.1 Å². The molecule has 122 valence electrons. The predicted octanol–water partition coefficient (Wildman–Crippen LogP) is 0.961. The molecule has 0 spiro atoms. The molecule has 2 rings (SSSR count). The minimum Gasteiger partial charge on any atom is -0.450 e. The molecule has 2 amide bonds. The average molecular weight is 328 g/mol. The van der Waals surface area contributed by atoms with Crippen LogP contribution in [-0.4, -0.2) is 48.6 Å². The molecule has 0 aromatic carbocycles. The van der Waals surface area contributed by atoms with E-state index >= 15 is 0 Å². The second kappa shape index (κ2) is 8.04. The summed E-state index contributed by atoms with van der Waals surface area (Å²) < 4.78 is 11.3. The molecule has 2 N–H and O–H groups in total. The summed E-state index contributed by atoms with van der Waals surface area (Å²) in [7, 11) is 1.57. The van der Waals surface area contributed by atoms with Crippen LogP contribution < -0.4 is 10.6 Å². The fraction of sp³-hybridized carbons (Fsp3) is 0.615. The van der Waals surface area contributed by atoms with Crippen molar-refractivity contribution in [1.82, 2.24) is 15.1 Å². The van der Waals surface area contributed by atoms with Gasteiger partial charge in [0.2, 0.25) is 5.91 Å². The van der Waals surface area contributed by atoms with Crippen LogP contribution in [0.4, 0.5) is 10.6 Å². The smallest absolute Gasteiger partial charge is 0.412 e. The zero-order valence-corrected chi connectivity index (χ0v) is 13.5. The van der Waals surface area contributed by atoms with Crippen molar-refractivity contribution in [3.05, 3.63) is 11.3 Å². The first-order valence-corrected chi connectivity index (χ1v) is 8.16. The van der Waals surface area contributed by atoms with E-state index in [0.717, 1.165) is 22.8 Å². The van der Waals surface area contributed by atoms with Crippen LogP contribution in [0.2, 0.25) is 0 Å². The number of rotatable bonds is 7. The Labute approximate surface area is 132 Å². The number of ether oxygens (including phenoxy) is 2. The molecule has 0 saturated heterocycles. The number of methoxy groups -OCH3 is 1. The molecule has 0 saturated carbocycles. The molecular formula is C13H20N4O4S. The molecule has 1 aliphatic rings. The molecular weight excluding hydrogens is 308 g/mol. The molecule has 1 aromatic heterocycles. The second-order valence-electron chi connectivity index (χ2n) is 4.61. The van der Waals surface area contributed by atoms with Gasteiger partial charge in [-0.15, -0.1) is 0 Å². The summed E-state index contributed by atoms with van der Waals surface area (Å²) in [5, 5.41) is 9.82. The molecule has 0 atom stereocenters. The van der Waals surface area contributed by atoms with Crippen LogP contribution in [0, 0.1) is 0 Å². The van der Waals surface area contributed by atoms with Gasteiger partial charge in [-0.2, -0.15) is 16.9 Å². The van der Waals surface area contributed by atoms with E-state index in [4.69, 9.17) is 9.47 Å². The first kappa shape index (κ1) is 16.6. The summed E-state index contributed by atoms with van der Waals surface area (Å²) in [6, 6.07) is 0. The molecule has 1 aliphatic heterocycles. The number of hydrogen-bond acceptors (Lipinski definition) is 6. The van der Waals surface area contributed by atoms with Crippen molar-refractivity contribution in [2.45, 2.75) is 25.0 Å². The molecule has 0 radical (unpaired) electrons. The van der Waals surface area contributed by atoms with Gasteiger partial charge in [-0.3, -0.25) is 10.1 Å². The SMILES string of the molecule is CCOC(=O)Nc1c2c(nn1CC(=O)NCCOC)CSC2. The Hall–Kier alpha value is -1.74. The second-order valence-corrected chi connectivity index (χ2v) is 5.60. The molecule has 2 heterocycles. The van der Waals surface area contributed by atoms with Gasteiger partial charge < -0.3 is 14.8 Å². The highest BCUT2D eigenvalue weighted by molar-refractivity contribution is 7.98. The Balaban J connectivity index is 2.06. The maximum atomic E-state index is 11.9.